The maximum Gasteiger partial charge on any atom is -0.00919 e. The van der Waals surface area contributed by atoms with Gasteiger partial charge < -0.3 is 0 Å². The van der Waals surface area contributed by atoms with Crippen LogP contribution in [0, 0.1) is 0 Å². The Hall–Kier alpha value is -1.30. The summed E-state index contributed by atoms with van der Waals surface area (Å²) in [6.07, 6.45) is 1.25. The van der Waals surface area contributed by atoms with E-state index in [9.17, 15) is 0 Å². The van der Waals surface area contributed by atoms with Gasteiger partial charge in [-0.15, -0.1) is 0 Å². The molecule has 0 nitrogen and oxygen atoms in total. The summed E-state index contributed by atoms with van der Waals surface area (Å²) in [4.78, 5) is 0. The Morgan fingerprint density at radius 1 is 1.00 bits per heavy atom. The lowest BCUT2D eigenvalue weighted by Crippen LogP contribution is -1.99. The van der Waals surface area contributed by atoms with Gasteiger partial charge in [-0.2, -0.15) is 0 Å². The Balaban J connectivity index is 2.40. The van der Waals surface area contributed by atoms with E-state index in [1.807, 2.05) is 0 Å². The molecule has 0 aliphatic heterocycles. The van der Waals surface area contributed by atoms with Crippen LogP contribution in [0.5, 0.6) is 0 Å². The van der Waals surface area contributed by atoms with E-state index in [2.05, 4.69) is 50.2 Å². The Labute approximate surface area is 90.9 Å². The van der Waals surface area contributed by atoms with Gasteiger partial charge in [0, 0.05) is 0 Å². The van der Waals surface area contributed by atoms with E-state index in [0.29, 0.717) is 5.92 Å². The van der Waals surface area contributed by atoms with Crippen molar-refractivity contribution in [2.24, 2.45) is 0 Å². The van der Waals surface area contributed by atoms with Crippen molar-refractivity contribution in [1.29, 1.82) is 0 Å². The third-order valence-corrected chi connectivity index (χ3v) is 3.90. The number of benzene rings is 2. The molecule has 2 atom stereocenters. The van der Waals surface area contributed by atoms with Gasteiger partial charge in [0.05, 0.1) is 0 Å². The highest BCUT2D eigenvalue weighted by Crippen LogP contribution is 2.47. The molecule has 2 unspecified atom stereocenters. The van der Waals surface area contributed by atoms with E-state index in [1.165, 1.54) is 17.2 Å². The standard InChI is InChI=1S/C15H16/c1-3-12-10(2)13-8-4-6-11-7-5-9-14(12)15(11)13/h4-10,12H,3H2,1-2H3. The van der Waals surface area contributed by atoms with Crippen molar-refractivity contribution in [3.8, 4) is 0 Å². The van der Waals surface area contributed by atoms with Gasteiger partial charge in [-0.05, 0) is 40.2 Å². The van der Waals surface area contributed by atoms with E-state index >= 15 is 0 Å². The van der Waals surface area contributed by atoms with Gasteiger partial charge in [0.15, 0.2) is 0 Å². The van der Waals surface area contributed by atoms with Crippen molar-refractivity contribution in [1.82, 2.24) is 0 Å². The summed E-state index contributed by atoms with van der Waals surface area (Å²) >= 11 is 0. The average Bonchev–Trinajstić information content (AvgIpc) is 2.55. The largest absolute Gasteiger partial charge is 0.0648 e. The van der Waals surface area contributed by atoms with E-state index < -0.39 is 0 Å². The zero-order valence-electron chi connectivity index (χ0n) is 9.33. The van der Waals surface area contributed by atoms with Crippen LogP contribution in [-0.4, -0.2) is 0 Å². The summed E-state index contributed by atoms with van der Waals surface area (Å²) in [5, 5.41) is 2.94. The van der Waals surface area contributed by atoms with Gasteiger partial charge >= 0.3 is 0 Å². The monoisotopic (exact) mass is 196 g/mol. The molecule has 1 aliphatic rings. The van der Waals surface area contributed by atoms with Crippen LogP contribution >= 0.6 is 0 Å². The van der Waals surface area contributed by atoms with Crippen LogP contribution in [0.25, 0.3) is 10.8 Å². The molecule has 0 radical (unpaired) electrons. The fourth-order valence-electron chi connectivity index (χ4n) is 3.15. The molecule has 0 heterocycles. The predicted octanol–water partition coefficient (Wildman–Crippen LogP) is 4.45. The molecule has 15 heavy (non-hydrogen) atoms. The second kappa shape index (κ2) is 3.10. The minimum atomic E-state index is 0.691. The Kier molecular flexibility index (Phi) is 1.85. The molecule has 1 aliphatic carbocycles. The van der Waals surface area contributed by atoms with Crippen molar-refractivity contribution in [3.05, 3.63) is 47.5 Å². The number of hydrogen-bond acceptors (Lipinski definition) is 0. The highest BCUT2D eigenvalue weighted by Gasteiger charge is 2.29. The zero-order valence-corrected chi connectivity index (χ0v) is 9.33. The number of hydrogen-bond donors (Lipinski definition) is 0. The lowest BCUT2D eigenvalue weighted by molar-refractivity contribution is 0.584. The molecule has 76 valence electrons. The molecule has 0 N–H and O–H groups in total. The molecule has 0 amide bonds. The van der Waals surface area contributed by atoms with E-state index in [4.69, 9.17) is 0 Å². The maximum atomic E-state index is 2.36. The van der Waals surface area contributed by atoms with Crippen molar-refractivity contribution in [2.75, 3.05) is 0 Å². The van der Waals surface area contributed by atoms with Crippen LogP contribution in [-0.2, 0) is 0 Å². The smallest absolute Gasteiger partial charge is 0.00919 e. The molecule has 0 bridgehead atoms. The minimum Gasteiger partial charge on any atom is -0.0648 e. The van der Waals surface area contributed by atoms with Crippen LogP contribution in [0.15, 0.2) is 36.4 Å². The lowest BCUT2D eigenvalue weighted by Gasteiger charge is -2.14. The summed E-state index contributed by atoms with van der Waals surface area (Å²) < 4.78 is 0. The van der Waals surface area contributed by atoms with Gasteiger partial charge in [0.25, 0.3) is 0 Å². The normalized spacial score (nSPS) is 23.6. The van der Waals surface area contributed by atoms with Crippen molar-refractivity contribution in [2.45, 2.75) is 32.1 Å². The molecule has 0 heteroatoms. The predicted molar refractivity (Wildman–Crippen MR) is 65.4 cm³/mol. The van der Waals surface area contributed by atoms with E-state index in [1.54, 1.807) is 11.1 Å². The molecule has 2 aromatic carbocycles. The first-order valence-corrected chi connectivity index (χ1v) is 5.84. The Morgan fingerprint density at radius 2 is 1.67 bits per heavy atom. The third kappa shape index (κ3) is 1.08. The third-order valence-electron chi connectivity index (χ3n) is 3.90. The zero-order chi connectivity index (χ0) is 10.4. The molecule has 0 spiro atoms. The highest BCUT2D eigenvalue weighted by molar-refractivity contribution is 5.92. The molecule has 2 aromatic rings. The molecule has 0 fully saturated rings. The van der Waals surface area contributed by atoms with Crippen molar-refractivity contribution in [3.63, 3.8) is 0 Å². The lowest BCUT2D eigenvalue weighted by atomic mass is 9.89. The van der Waals surface area contributed by atoms with Gasteiger partial charge in [-0.25, -0.2) is 0 Å². The number of rotatable bonds is 1. The molecule has 0 aromatic heterocycles. The summed E-state index contributed by atoms with van der Waals surface area (Å²) in [6, 6.07) is 13.5. The topological polar surface area (TPSA) is 0 Å². The Morgan fingerprint density at radius 3 is 2.33 bits per heavy atom. The molecule has 0 saturated carbocycles. The van der Waals surface area contributed by atoms with E-state index in [0.717, 1.165) is 5.92 Å². The van der Waals surface area contributed by atoms with Crippen molar-refractivity contribution < 1.29 is 0 Å². The first-order chi connectivity index (χ1) is 7.33. The maximum absolute atomic E-state index is 2.36. The van der Waals surface area contributed by atoms with Crippen LogP contribution in [0.4, 0.5) is 0 Å². The van der Waals surface area contributed by atoms with E-state index in [-0.39, 0.29) is 0 Å². The second-order valence-corrected chi connectivity index (χ2v) is 4.60. The second-order valence-electron chi connectivity index (χ2n) is 4.60. The minimum absolute atomic E-state index is 0.691. The fourth-order valence-corrected chi connectivity index (χ4v) is 3.15. The summed E-state index contributed by atoms with van der Waals surface area (Å²) in [5.74, 6) is 1.42. The SMILES string of the molecule is CCC1c2cccc3cccc(c23)C1C. The summed E-state index contributed by atoms with van der Waals surface area (Å²) in [5.41, 5.74) is 3.12. The van der Waals surface area contributed by atoms with Crippen LogP contribution < -0.4 is 0 Å². The molecule has 0 saturated heterocycles. The molecule has 3 rings (SSSR count). The van der Waals surface area contributed by atoms with Crippen LogP contribution in [0.1, 0.15) is 43.2 Å². The highest BCUT2D eigenvalue weighted by atomic mass is 14.3. The first kappa shape index (κ1) is 8.96. The summed E-state index contributed by atoms with van der Waals surface area (Å²) in [7, 11) is 0. The van der Waals surface area contributed by atoms with Crippen molar-refractivity contribution >= 4 is 10.8 Å². The first-order valence-electron chi connectivity index (χ1n) is 5.84. The van der Waals surface area contributed by atoms with Gasteiger partial charge in [-0.1, -0.05) is 50.2 Å². The van der Waals surface area contributed by atoms with Crippen LogP contribution in [0.3, 0.4) is 0 Å². The molecular weight excluding hydrogens is 180 g/mol. The molecular formula is C15H16. The van der Waals surface area contributed by atoms with Crippen LogP contribution in [0.2, 0.25) is 0 Å². The summed E-state index contributed by atoms with van der Waals surface area (Å²) in [6.45, 7) is 4.66. The van der Waals surface area contributed by atoms with Gasteiger partial charge in [-0.3, -0.25) is 0 Å². The van der Waals surface area contributed by atoms with Gasteiger partial charge in [0.2, 0.25) is 0 Å². The fraction of sp³-hybridized carbons (Fsp3) is 0.333. The Bertz CT molecular complexity index is 505. The quantitative estimate of drug-likeness (QED) is 0.632. The van der Waals surface area contributed by atoms with Gasteiger partial charge in [0.1, 0.15) is 0 Å². The average molecular weight is 196 g/mol.